The number of thioether (sulfide) groups is 1. The minimum atomic E-state index is -4.53. The lowest BCUT2D eigenvalue weighted by molar-refractivity contribution is -0.322. The minimum absolute atomic E-state index is 0.291. The monoisotopic (exact) mass is 291 g/mol. The highest BCUT2D eigenvalue weighted by molar-refractivity contribution is 7.99. The molecule has 1 aliphatic carbocycles. The molecular weight excluding hydrogens is 275 g/mol. The van der Waals surface area contributed by atoms with Gasteiger partial charge in [0.15, 0.2) is 0 Å². The SMILES string of the molecule is FC(F)(F)OCCSc1cccc(CNC2CC2)c1. The third-order valence-electron chi connectivity index (χ3n) is 2.69. The van der Waals surface area contributed by atoms with Gasteiger partial charge in [0, 0.05) is 23.2 Å². The zero-order valence-corrected chi connectivity index (χ0v) is 11.2. The van der Waals surface area contributed by atoms with E-state index in [1.54, 1.807) is 0 Å². The molecule has 1 fully saturated rings. The van der Waals surface area contributed by atoms with E-state index in [1.165, 1.54) is 24.6 Å². The van der Waals surface area contributed by atoms with E-state index in [0.29, 0.717) is 11.8 Å². The maximum atomic E-state index is 11.8. The Labute approximate surface area is 114 Å². The van der Waals surface area contributed by atoms with Gasteiger partial charge in [-0.25, -0.2) is 0 Å². The number of hydrogen-bond donors (Lipinski definition) is 1. The molecule has 0 bridgehead atoms. The molecule has 0 aliphatic heterocycles. The lowest BCUT2D eigenvalue weighted by Crippen LogP contribution is -2.15. The summed E-state index contributed by atoms with van der Waals surface area (Å²) in [6, 6.07) is 8.51. The van der Waals surface area contributed by atoms with E-state index in [1.807, 2.05) is 24.3 Å². The van der Waals surface area contributed by atoms with E-state index in [0.717, 1.165) is 17.0 Å². The molecule has 0 heterocycles. The summed E-state index contributed by atoms with van der Waals surface area (Å²) in [5.74, 6) is 0.291. The van der Waals surface area contributed by atoms with Crippen LogP contribution in [0.4, 0.5) is 13.2 Å². The third kappa shape index (κ3) is 6.31. The summed E-state index contributed by atoms with van der Waals surface area (Å²) in [5.41, 5.74) is 1.16. The molecule has 0 aromatic heterocycles. The van der Waals surface area contributed by atoms with E-state index in [4.69, 9.17) is 0 Å². The lowest BCUT2D eigenvalue weighted by atomic mass is 10.2. The van der Waals surface area contributed by atoms with E-state index in [9.17, 15) is 13.2 Å². The van der Waals surface area contributed by atoms with Crippen molar-refractivity contribution < 1.29 is 17.9 Å². The number of alkyl halides is 3. The summed E-state index contributed by atoms with van der Waals surface area (Å²) in [6.07, 6.45) is -2.05. The predicted octanol–water partition coefficient (Wildman–Crippen LogP) is 3.57. The molecule has 1 N–H and O–H groups in total. The summed E-state index contributed by atoms with van der Waals surface area (Å²) in [5, 5.41) is 3.40. The van der Waals surface area contributed by atoms with Crippen LogP contribution in [-0.4, -0.2) is 24.8 Å². The normalized spacial score (nSPS) is 15.7. The number of ether oxygens (including phenoxy) is 1. The number of nitrogens with one attached hydrogen (secondary N) is 1. The van der Waals surface area contributed by atoms with Crippen molar-refractivity contribution in [3.8, 4) is 0 Å². The van der Waals surface area contributed by atoms with E-state index >= 15 is 0 Å². The van der Waals surface area contributed by atoms with Crippen LogP contribution < -0.4 is 5.32 Å². The average molecular weight is 291 g/mol. The summed E-state index contributed by atoms with van der Waals surface area (Å²) < 4.78 is 39.1. The molecule has 1 aromatic carbocycles. The van der Waals surface area contributed by atoms with Gasteiger partial charge < -0.3 is 5.32 Å². The van der Waals surface area contributed by atoms with Gasteiger partial charge >= 0.3 is 6.36 Å². The molecule has 1 aromatic rings. The molecule has 106 valence electrons. The van der Waals surface area contributed by atoms with Gasteiger partial charge in [0.05, 0.1) is 6.61 Å². The Balaban J connectivity index is 1.71. The lowest BCUT2D eigenvalue weighted by Gasteiger charge is -2.08. The first kappa shape index (κ1) is 14.7. The van der Waals surface area contributed by atoms with Crippen molar-refractivity contribution in [2.75, 3.05) is 12.4 Å². The largest absolute Gasteiger partial charge is 0.522 e. The Kier molecular flexibility index (Phi) is 5.13. The summed E-state index contributed by atoms with van der Waals surface area (Å²) >= 11 is 1.37. The zero-order chi connectivity index (χ0) is 13.7. The van der Waals surface area contributed by atoms with Gasteiger partial charge in [0.1, 0.15) is 0 Å². The highest BCUT2D eigenvalue weighted by Gasteiger charge is 2.28. The van der Waals surface area contributed by atoms with Crippen LogP contribution >= 0.6 is 11.8 Å². The molecule has 2 nitrogen and oxygen atoms in total. The van der Waals surface area contributed by atoms with E-state index in [2.05, 4.69) is 10.1 Å². The molecule has 0 unspecified atom stereocenters. The topological polar surface area (TPSA) is 21.3 Å². The average Bonchev–Trinajstić information content (AvgIpc) is 3.16. The van der Waals surface area contributed by atoms with Crippen LogP contribution in [0.3, 0.4) is 0 Å². The second kappa shape index (κ2) is 6.63. The number of halogens is 3. The molecule has 0 spiro atoms. The molecule has 2 rings (SSSR count). The van der Waals surface area contributed by atoms with Crippen LogP contribution in [0.1, 0.15) is 18.4 Å². The smallest absolute Gasteiger partial charge is 0.310 e. The van der Waals surface area contributed by atoms with Crippen molar-refractivity contribution in [2.45, 2.75) is 36.7 Å². The number of rotatable bonds is 7. The molecule has 6 heteroatoms. The molecule has 0 saturated heterocycles. The number of hydrogen-bond acceptors (Lipinski definition) is 3. The van der Waals surface area contributed by atoms with Gasteiger partial charge in [-0.1, -0.05) is 12.1 Å². The fourth-order valence-corrected chi connectivity index (χ4v) is 2.42. The van der Waals surface area contributed by atoms with Gasteiger partial charge in [0.25, 0.3) is 0 Å². The van der Waals surface area contributed by atoms with Crippen molar-refractivity contribution in [1.29, 1.82) is 0 Å². The van der Waals surface area contributed by atoms with Crippen LogP contribution in [0.5, 0.6) is 0 Å². The summed E-state index contributed by atoms with van der Waals surface area (Å²) in [6.45, 7) is 0.497. The van der Waals surface area contributed by atoms with Crippen molar-refractivity contribution in [3.05, 3.63) is 29.8 Å². The predicted molar refractivity (Wildman–Crippen MR) is 69.0 cm³/mol. The van der Waals surface area contributed by atoms with Crippen LogP contribution in [0, 0.1) is 0 Å². The second-order valence-corrected chi connectivity index (χ2v) is 5.61. The first-order valence-electron chi connectivity index (χ1n) is 6.19. The third-order valence-corrected chi connectivity index (χ3v) is 3.65. The molecule has 0 radical (unpaired) electrons. The Morgan fingerprint density at radius 3 is 2.79 bits per heavy atom. The standard InChI is InChI=1S/C13H16F3NOS/c14-13(15,16)18-6-7-19-12-3-1-2-10(8-12)9-17-11-4-5-11/h1-3,8,11,17H,4-7,9H2. The molecule has 0 amide bonds. The van der Waals surface area contributed by atoms with Crippen molar-refractivity contribution in [2.24, 2.45) is 0 Å². The maximum absolute atomic E-state index is 11.8. The Bertz CT molecular complexity index is 407. The fourth-order valence-electron chi connectivity index (χ4n) is 1.61. The molecule has 0 atom stereocenters. The molecular formula is C13H16F3NOS. The summed E-state index contributed by atoms with van der Waals surface area (Å²) in [4.78, 5) is 0.973. The zero-order valence-electron chi connectivity index (χ0n) is 10.4. The second-order valence-electron chi connectivity index (χ2n) is 4.45. The summed E-state index contributed by atoms with van der Waals surface area (Å²) in [7, 11) is 0. The highest BCUT2D eigenvalue weighted by Crippen LogP contribution is 2.23. The van der Waals surface area contributed by atoms with E-state index < -0.39 is 6.36 Å². The van der Waals surface area contributed by atoms with E-state index in [-0.39, 0.29) is 6.61 Å². The van der Waals surface area contributed by atoms with Crippen molar-refractivity contribution >= 4 is 11.8 Å². The van der Waals surface area contributed by atoms with Crippen LogP contribution in [-0.2, 0) is 11.3 Å². The van der Waals surface area contributed by atoms with Crippen molar-refractivity contribution in [3.63, 3.8) is 0 Å². The maximum Gasteiger partial charge on any atom is 0.522 e. The minimum Gasteiger partial charge on any atom is -0.310 e. The van der Waals surface area contributed by atoms with Gasteiger partial charge in [-0.2, -0.15) is 0 Å². The van der Waals surface area contributed by atoms with Crippen LogP contribution in [0.25, 0.3) is 0 Å². The van der Waals surface area contributed by atoms with Gasteiger partial charge in [-0.05, 0) is 30.5 Å². The van der Waals surface area contributed by atoms with Gasteiger partial charge in [-0.15, -0.1) is 24.9 Å². The Hall–Kier alpha value is -0.720. The van der Waals surface area contributed by atoms with Crippen LogP contribution in [0.15, 0.2) is 29.2 Å². The fraction of sp³-hybridized carbons (Fsp3) is 0.538. The number of benzene rings is 1. The highest BCUT2D eigenvalue weighted by atomic mass is 32.2. The Morgan fingerprint density at radius 1 is 1.32 bits per heavy atom. The molecule has 19 heavy (non-hydrogen) atoms. The quantitative estimate of drug-likeness (QED) is 0.613. The first-order valence-corrected chi connectivity index (χ1v) is 7.17. The van der Waals surface area contributed by atoms with Crippen LogP contribution in [0.2, 0.25) is 0 Å². The van der Waals surface area contributed by atoms with Crippen molar-refractivity contribution in [1.82, 2.24) is 5.32 Å². The molecule has 1 saturated carbocycles. The first-order chi connectivity index (χ1) is 9.03. The van der Waals surface area contributed by atoms with Gasteiger partial charge in [-0.3, -0.25) is 4.74 Å². The Morgan fingerprint density at radius 2 is 2.11 bits per heavy atom. The van der Waals surface area contributed by atoms with Gasteiger partial charge in [0.2, 0.25) is 0 Å². The molecule has 1 aliphatic rings.